The lowest BCUT2D eigenvalue weighted by Gasteiger charge is -2.12. The first-order valence-electron chi connectivity index (χ1n) is 8.86. The summed E-state index contributed by atoms with van der Waals surface area (Å²) < 4.78 is 42.8. The molecule has 5 rings (SSSR count). The van der Waals surface area contributed by atoms with Crippen molar-refractivity contribution in [2.75, 3.05) is 7.05 Å². The SMILES string of the molecule is CN1C(=O)c2cccc(-n3c4ccccc4c4c(C(F)(F)F)cccc43)c2C1=O. The summed E-state index contributed by atoms with van der Waals surface area (Å²) in [4.78, 5) is 26.1. The van der Waals surface area contributed by atoms with Gasteiger partial charge in [-0.25, -0.2) is 0 Å². The molecule has 0 spiro atoms. The highest BCUT2D eigenvalue weighted by molar-refractivity contribution is 6.23. The van der Waals surface area contributed by atoms with E-state index in [0.29, 0.717) is 22.1 Å². The summed E-state index contributed by atoms with van der Waals surface area (Å²) in [6, 6.07) is 15.6. The summed E-state index contributed by atoms with van der Waals surface area (Å²) in [5.74, 6) is -0.901. The van der Waals surface area contributed by atoms with Gasteiger partial charge in [0.25, 0.3) is 11.8 Å². The maximum atomic E-state index is 13.7. The Bertz CT molecular complexity index is 1350. The first-order chi connectivity index (χ1) is 13.8. The third-order valence-corrected chi connectivity index (χ3v) is 5.34. The standard InChI is InChI=1S/C22H13F3N2O2/c1-26-20(28)13-7-4-10-17(19(13)21(26)29)27-15-9-3-2-6-12(15)18-14(22(23,24)25)8-5-11-16(18)27/h2-11H,1H3. The first kappa shape index (κ1) is 17.5. The molecule has 0 N–H and O–H groups in total. The lowest BCUT2D eigenvalue weighted by atomic mass is 10.1. The molecule has 144 valence electrons. The van der Waals surface area contributed by atoms with E-state index in [1.165, 1.54) is 13.1 Å². The van der Waals surface area contributed by atoms with Gasteiger partial charge in [0, 0.05) is 17.8 Å². The molecule has 0 radical (unpaired) electrons. The zero-order valence-electron chi connectivity index (χ0n) is 15.1. The predicted molar refractivity (Wildman–Crippen MR) is 102 cm³/mol. The van der Waals surface area contributed by atoms with Crippen molar-refractivity contribution < 1.29 is 22.8 Å². The van der Waals surface area contributed by atoms with Crippen LogP contribution in [0.2, 0.25) is 0 Å². The van der Waals surface area contributed by atoms with E-state index >= 15 is 0 Å². The Balaban J connectivity index is 1.97. The topological polar surface area (TPSA) is 42.3 Å². The van der Waals surface area contributed by atoms with E-state index in [1.807, 2.05) is 0 Å². The van der Waals surface area contributed by atoms with Crippen molar-refractivity contribution in [3.05, 3.63) is 77.4 Å². The van der Waals surface area contributed by atoms with Gasteiger partial charge in [0.15, 0.2) is 0 Å². The molecule has 0 bridgehead atoms. The smallest absolute Gasteiger partial charge is 0.308 e. The minimum Gasteiger partial charge on any atom is -0.308 e. The molecule has 0 unspecified atom stereocenters. The monoisotopic (exact) mass is 394 g/mol. The minimum absolute atomic E-state index is 0.0679. The Labute approximate surface area is 162 Å². The quantitative estimate of drug-likeness (QED) is 0.425. The van der Waals surface area contributed by atoms with E-state index in [0.717, 1.165) is 11.0 Å². The lowest BCUT2D eigenvalue weighted by molar-refractivity contribution is -0.136. The van der Waals surface area contributed by atoms with Crippen LogP contribution in [0.4, 0.5) is 13.2 Å². The van der Waals surface area contributed by atoms with Crippen LogP contribution < -0.4 is 0 Å². The van der Waals surface area contributed by atoms with Gasteiger partial charge in [-0.3, -0.25) is 14.5 Å². The molecule has 0 atom stereocenters. The van der Waals surface area contributed by atoms with Crippen LogP contribution in [0.5, 0.6) is 0 Å². The first-order valence-corrected chi connectivity index (χ1v) is 8.86. The summed E-state index contributed by atoms with van der Waals surface area (Å²) in [7, 11) is 1.39. The van der Waals surface area contributed by atoms with Crippen LogP contribution in [0.1, 0.15) is 26.3 Å². The minimum atomic E-state index is -4.53. The third-order valence-electron chi connectivity index (χ3n) is 5.34. The highest BCUT2D eigenvalue weighted by Gasteiger charge is 2.37. The van der Waals surface area contributed by atoms with Gasteiger partial charge in [0.2, 0.25) is 0 Å². The summed E-state index contributed by atoms with van der Waals surface area (Å²) >= 11 is 0. The van der Waals surface area contributed by atoms with Crippen LogP contribution in [0.25, 0.3) is 27.5 Å². The molecule has 29 heavy (non-hydrogen) atoms. The van der Waals surface area contributed by atoms with Gasteiger partial charge in [-0.1, -0.05) is 30.3 Å². The summed E-state index contributed by atoms with van der Waals surface area (Å²) in [5, 5.41) is 0.497. The summed E-state index contributed by atoms with van der Waals surface area (Å²) in [6.07, 6.45) is -4.53. The highest BCUT2D eigenvalue weighted by atomic mass is 19.4. The van der Waals surface area contributed by atoms with Crippen LogP contribution in [0.15, 0.2) is 60.7 Å². The van der Waals surface area contributed by atoms with Gasteiger partial charge >= 0.3 is 6.18 Å². The number of alkyl halides is 3. The molecule has 4 aromatic rings. The number of rotatable bonds is 1. The average Bonchev–Trinajstić information content (AvgIpc) is 3.15. The number of halogens is 3. The maximum absolute atomic E-state index is 13.7. The number of hydrogen-bond acceptors (Lipinski definition) is 2. The van der Waals surface area contributed by atoms with E-state index in [-0.39, 0.29) is 16.5 Å². The molecule has 4 nitrogen and oxygen atoms in total. The van der Waals surface area contributed by atoms with Crippen molar-refractivity contribution in [2.24, 2.45) is 0 Å². The second-order valence-corrected chi connectivity index (χ2v) is 6.92. The number of nitrogens with zero attached hydrogens (tertiary/aromatic N) is 2. The molecule has 0 aliphatic carbocycles. The molecule has 2 amide bonds. The lowest BCUT2D eigenvalue weighted by Crippen LogP contribution is -2.24. The average molecular weight is 394 g/mol. The van der Waals surface area contributed by atoms with E-state index < -0.39 is 23.6 Å². The van der Waals surface area contributed by atoms with E-state index in [1.54, 1.807) is 53.1 Å². The van der Waals surface area contributed by atoms with E-state index in [2.05, 4.69) is 0 Å². The van der Waals surface area contributed by atoms with Gasteiger partial charge in [-0.15, -0.1) is 0 Å². The fourth-order valence-corrected chi connectivity index (χ4v) is 4.09. The number of aromatic nitrogens is 1. The molecule has 1 aromatic heterocycles. The molecular formula is C22H13F3N2O2. The largest absolute Gasteiger partial charge is 0.417 e. The van der Waals surface area contributed by atoms with Crippen LogP contribution in [0, 0.1) is 0 Å². The molecule has 3 aromatic carbocycles. The second kappa shape index (κ2) is 5.70. The van der Waals surface area contributed by atoms with Gasteiger partial charge < -0.3 is 4.57 Å². The van der Waals surface area contributed by atoms with Crippen molar-refractivity contribution in [3.8, 4) is 5.69 Å². The van der Waals surface area contributed by atoms with Gasteiger partial charge in [-0.2, -0.15) is 13.2 Å². The molecule has 7 heteroatoms. The maximum Gasteiger partial charge on any atom is 0.417 e. The van der Waals surface area contributed by atoms with Crippen molar-refractivity contribution in [3.63, 3.8) is 0 Å². The number of fused-ring (bicyclic) bond motifs is 4. The van der Waals surface area contributed by atoms with Crippen molar-refractivity contribution in [1.29, 1.82) is 0 Å². The van der Waals surface area contributed by atoms with Crippen molar-refractivity contribution in [2.45, 2.75) is 6.18 Å². The van der Waals surface area contributed by atoms with E-state index in [4.69, 9.17) is 0 Å². The second-order valence-electron chi connectivity index (χ2n) is 6.92. The number of hydrogen-bond donors (Lipinski definition) is 0. The number of carbonyl (C=O) groups excluding carboxylic acids is 2. The zero-order chi connectivity index (χ0) is 20.5. The molecule has 0 saturated heterocycles. The zero-order valence-corrected chi connectivity index (χ0v) is 15.1. The van der Waals surface area contributed by atoms with Crippen molar-refractivity contribution >= 4 is 33.6 Å². The molecule has 0 saturated carbocycles. The molecule has 0 fully saturated rings. The molecule has 1 aliphatic heterocycles. The highest BCUT2D eigenvalue weighted by Crippen LogP contribution is 2.42. The number of imide groups is 1. The Morgan fingerprint density at radius 2 is 1.48 bits per heavy atom. The molecular weight excluding hydrogens is 381 g/mol. The van der Waals surface area contributed by atoms with Crippen LogP contribution in [-0.4, -0.2) is 28.3 Å². The fourth-order valence-electron chi connectivity index (χ4n) is 4.09. The Hall–Kier alpha value is -3.61. The Morgan fingerprint density at radius 1 is 0.793 bits per heavy atom. The number of amides is 2. The number of carbonyl (C=O) groups is 2. The van der Waals surface area contributed by atoms with Crippen LogP contribution in [-0.2, 0) is 6.18 Å². The normalized spacial score (nSPS) is 14.3. The Kier molecular flexibility index (Phi) is 3.44. The van der Waals surface area contributed by atoms with Crippen molar-refractivity contribution in [1.82, 2.24) is 9.47 Å². The fraction of sp³-hybridized carbons (Fsp3) is 0.0909. The number of para-hydroxylation sites is 1. The molecule has 2 heterocycles. The number of benzene rings is 3. The molecule has 1 aliphatic rings. The van der Waals surface area contributed by atoms with Gasteiger partial charge in [0.1, 0.15) is 0 Å². The summed E-state index contributed by atoms with van der Waals surface area (Å²) in [5.41, 5.74) is 0.937. The van der Waals surface area contributed by atoms with Gasteiger partial charge in [0.05, 0.1) is 33.4 Å². The van der Waals surface area contributed by atoms with Crippen LogP contribution >= 0.6 is 0 Å². The third kappa shape index (κ3) is 2.27. The predicted octanol–water partition coefficient (Wildman–Crippen LogP) is 5.03. The Morgan fingerprint density at radius 3 is 2.24 bits per heavy atom. The van der Waals surface area contributed by atoms with Gasteiger partial charge in [-0.05, 0) is 30.3 Å². The van der Waals surface area contributed by atoms with E-state index in [9.17, 15) is 22.8 Å². The van der Waals surface area contributed by atoms with Crippen LogP contribution in [0.3, 0.4) is 0 Å². The summed E-state index contributed by atoms with van der Waals surface area (Å²) in [6.45, 7) is 0.